The summed E-state index contributed by atoms with van der Waals surface area (Å²) in [5, 5.41) is 1.31. The summed E-state index contributed by atoms with van der Waals surface area (Å²) in [5.41, 5.74) is 3.80. The van der Waals surface area contributed by atoms with Crippen molar-refractivity contribution in [2.24, 2.45) is 0 Å². The zero-order valence-corrected chi connectivity index (χ0v) is 22.6. The summed E-state index contributed by atoms with van der Waals surface area (Å²) in [6, 6.07) is 16.2. The summed E-state index contributed by atoms with van der Waals surface area (Å²) in [5.74, 6) is -0.618. The number of halogens is 3. The van der Waals surface area contributed by atoms with E-state index in [0.29, 0.717) is 27.5 Å². The van der Waals surface area contributed by atoms with Gasteiger partial charge in [-0.2, -0.15) is 5.01 Å². The van der Waals surface area contributed by atoms with E-state index in [1.165, 1.54) is 19.2 Å². The molecular weight excluding hydrogens is 591 g/mol. The van der Waals surface area contributed by atoms with Crippen LogP contribution in [0.5, 0.6) is 11.5 Å². The number of hydrogen-bond acceptors (Lipinski definition) is 6. The minimum Gasteiger partial charge on any atom is -0.493 e. The number of carbonyl (C=O) groups excluding carboxylic acids is 2. The van der Waals surface area contributed by atoms with Crippen LogP contribution in [0.25, 0.3) is 6.08 Å². The molecule has 0 spiro atoms. The lowest BCUT2D eigenvalue weighted by molar-refractivity contribution is -0.123. The molecule has 1 fully saturated rings. The van der Waals surface area contributed by atoms with Crippen molar-refractivity contribution >= 4 is 73.7 Å². The van der Waals surface area contributed by atoms with E-state index in [0.717, 1.165) is 21.2 Å². The molecule has 3 aromatic rings. The number of methoxy groups -OCH3 is 1. The fraction of sp³-hybridized carbons (Fsp3) is 0.0800. The first-order valence-corrected chi connectivity index (χ1v) is 12.7. The Morgan fingerprint density at radius 1 is 1.19 bits per heavy atom. The quantitative estimate of drug-likeness (QED) is 0.249. The third-order valence-electron chi connectivity index (χ3n) is 5.03. The minimum absolute atomic E-state index is 0.0854. The molecule has 3 aromatic carbocycles. The van der Waals surface area contributed by atoms with Crippen LogP contribution in [0.4, 0.5) is 4.39 Å². The van der Waals surface area contributed by atoms with Crippen LogP contribution in [0.15, 0.2) is 70.0 Å². The van der Waals surface area contributed by atoms with Gasteiger partial charge in [0.1, 0.15) is 12.4 Å². The summed E-state index contributed by atoms with van der Waals surface area (Å²) in [6.07, 6.45) is 1.63. The Hall–Kier alpha value is -2.92. The second kappa shape index (κ2) is 11.4. The van der Waals surface area contributed by atoms with Gasteiger partial charge in [-0.1, -0.05) is 51.4 Å². The summed E-state index contributed by atoms with van der Waals surface area (Å²) in [4.78, 5) is 25.8. The smallest absolute Gasteiger partial charge is 0.285 e. The lowest BCUT2D eigenvalue weighted by atomic mass is 10.1. The number of carbonyl (C=O) groups is 2. The molecule has 0 radical (unpaired) electrons. The molecule has 4 rings (SSSR count). The highest BCUT2D eigenvalue weighted by Crippen LogP contribution is 2.35. The molecule has 0 atom stereocenters. The SMILES string of the molecule is COc1cc(/C=C2/SC(=S)N(NC(=O)c3ccc(Br)cc3)C2=O)ccc1OCc1c(F)cccc1Cl. The van der Waals surface area contributed by atoms with Crippen molar-refractivity contribution in [3.05, 3.63) is 97.6 Å². The molecule has 0 bridgehead atoms. The second-order valence-corrected chi connectivity index (χ2v) is 10.4. The normalized spacial score (nSPS) is 14.3. The van der Waals surface area contributed by atoms with Crippen molar-refractivity contribution in [3.63, 3.8) is 0 Å². The molecule has 0 aromatic heterocycles. The van der Waals surface area contributed by atoms with Crippen LogP contribution in [0.2, 0.25) is 5.02 Å². The van der Waals surface area contributed by atoms with Crippen molar-refractivity contribution in [1.82, 2.24) is 10.4 Å². The van der Waals surface area contributed by atoms with E-state index in [1.807, 2.05) is 0 Å². The van der Waals surface area contributed by atoms with Crippen LogP contribution in [0, 0.1) is 5.82 Å². The van der Waals surface area contributed by atoms with Gasteiger partial charge in [0.15, 0.2) is 15.8 Å². The number of benzene rings is 3. The highest BCUT2D eigenvalue weighted by atomic mass is 79.9. The summed E-state index contributed by atoms with van der Waals surface area (Å²) >= 11 is 15.7. The van der Waals surface area contributed by atoms with Gasteiger partial charge >= 0.3 is 0 Å². The molecule has 1 aliphatic heterocycles. The summed E-state index contributed by atoms with van der Waals surface area (Å²) < 4.78 is 26.2. The highest BCUT2D eigenvalue weighted by molar-refractivity contribution is 9.10. The maximum atomic E-state index is 14.0. The van der Waals surface area contributed by atoms with E-state index in [2.05, 4.69) is 21.4 Å². The van der Waals surface area contributed by atoms with Crippen LogP contribution in [0.3, 0.4) is 0 Å². The number of nitrogens with one attached hydrogen (secondary N) is 1. The Bertz CT molecular complexity index is 1360. The van der Waals surface area contributed by atoms with Crippen molar-refractivity contribution in [1.29, 1.82) is 0 Å². The van der Waals surface area contributed by atoms with Gasteiger partial charge in [0, 0.05) is 15.6 Å². The molecule has 6 nitrogen and oxygen atoms in total. The van der Waals surface area contributed by atoms with Gasteiger partial charge in [-0.05, 0) is 72.4 Å². The maximum absolute atomic E-state index is 14.0. The monoisotopic (exact) mass is 606 g/mol. The summed E-state index contributed by atoms with van der Waals surface area (Å²) in [7, 11) is 1.47. The van der Waals surface area contributed by atoms with Crippen LogP contribution >= 0.6 is 51.5 Å². The van der Waals surface area contributed by atoms with Gasteiger partial charge in [0.2, 0.25) is 0 Å². The van der Waals surface area contributed by atoms with Crippen molar-refractivity contribution in [3.8, 4) is 11.5 Å². The predicted octanol–water partition coefficient (Wildman–Crippen LogP) is 6.38. The maximum Gasteiger partial charge on any atom is 0.285 e. The molecule has 2 amide bonds. The Kier molecular flexibility index (Phi) is 8.30. The minimum atomic E-state index is -0.465. The first-order valence-electron chi connectivity index (χ1n) is 10.3. The molecule has 184 valence electrons. The van der Waals surface area contributed by atoms with E-state index in [1.54, 1.807) is 54.6 Å². The van der Waals surface area contributed by atoms with E-state index in [9.17, 15) is 14.0 Å². The molecule has 0 aliphatic carbocycles. The zero-order valence-electron chi connectivity index (χ0n) is 18.6. The number of hydrazine groups is 1. The number of thiocarbonyl (C=S) groups is 1. The molecule has 1 saturated heterocycles. The molecule has 1 heterocycles. The number of nitrogens with zero attached hydrogens (tertiary/aromatic N) is 1. The largest absolute Gasteiger partial charge is 0.493 e. The number of rotatable bonds is 7. The first kappa shape index (κ1) is 26.2. The van der Waals surface area contributed by atoms with Crippen LogP contribution in [-0.2, 0) is 11.4 Å². The van der Waals surface area contributed by atoms with Crippen LogP contribution in [0.1, 0.15) is 21.5 Å². The number of ether oxygens (including phenoxy) is 2. The van der Waals surface area contributed by atoms with Gasteiger partial charge in [0.25, 0.3) is 11.8 Å². The second-order valence-electron chi connectivity index (χ2n) is 7.36. The average molecular weight is 608 g/mol. The number of amides is 2. The van der Waals surface area contributed by atoms with E-state index >= 15 is 0 Å². The molecule has 0 saturated carbocycles. The Labute approximate surface area is 229 Å². The lowest BCUT2D eigenvalue weighted by Gasteiger charge is -2.15. The summed E-state index contributed by atoms with van der Waals surface area (Å²) in [6.45, 7) is -0.0854. The number of thioether (sulfide) groups is 1. The number of hydrogen-bond donors (Lipinski definition) is 1. The standard InChI is InChI=1S/C25H17BrClFN2O4S2/c1-33-21-11-14(5-10-20(21)34-13-17-18(27)3-2-4-19(17)28)12-22-24(32)30(25(35)36-22)29-23(31)15-6-8-16(26)9-7-15/h2-12H,13H2,1H3,(H,29,31)/b22-12+. The van der Waals surface area contributed by atoms with E-state index in [-0.39, 0.29) is 21.5 Å². The molecule has 1 N–H and O–H groups in total. The fourth-order valence-electron chi connectivity index (χ4n) is 3.20. The van der Waals surface area contributed by atoms with E-state index in [4.69, 9.17) is 33.3 Å². The van der Waals surface area contributed by atoms with Crippen molar-refractivity contribution in [2.45, 2.75) is 6.61 Å². The predicted molar refractivity (Wildman–Crippen MR) is 145 cm³/mol. The van der Waals surface area contributed by atoms with Gasteiger partial charge in [-0.15, -0.1) is 0 Å². The van der Waals surface area contributed by atoms with E-state index < -0.39 is 17.6 Å². The third-order valence-corrected chi connectivity index (χ3v) is 7.22. The average Bonchev–Trinajstić information content (AvgIpc) is 3.11. The molecular formula is C25H17BrClFN2O4S2. The van der Waals surface area contributed by atoms with Crippen molar-refractivity contribution < 1.29 is 23.5 Å². The topological polar surface area (TPSA) is 67.9 Å². The Morgan fingerprint density at radius 3 is 2.64 bits per heavy atom. The van der Waals surface area contributed by atoms with Crippen LogP contribution < -0.4 is 14.9 Å². The highest BCUT2D eigenvalue weighted by Gasteiger charge is 2.33. The van der Waals surface area contributed by atoms with Crippen LogP contribution in [-0.4, -0.2) is 28.3 Å². The third kappa shape index (κ3) is 5.89. The molecule has 36 heavy (non-hydrogen) atoms. The van der Waals surface area contributed by atoms with Gasteiger partial charge in [-0.3, -0.25) is 15.0 Å². The lowest BCUT2D eigenvalue weighted by Crippen LogP contribution is -2.44. The van der Waals surface area contributed by atoms with Crippen molar-refractivity contribution in [2.75, 3.05) is 7.11 Å². The molecule has 11 heteroatoms. The Morgan fingerprint density at radius 2 is 1.94 bits per heavy atom. The first-order chi connectivity index (χ1) is 17.3. The zero-order chi connectivity index (χ0) is 25.8. The molecule has 0 unspecified atom stereocenters. The van der Waals surface area contributed by atoms with Gasteiger partial charge < -0.3 is 9.47 Å². The van der Waals surface area contributed by atoms with Gasteiger partial charge in [0.05, 0.1) is 17.0 Å². The fourth-order valence-corrected chi connectivity index (χ4v) is 4.86. The molecule has 1 aliphatic rings. The van der Waals surface area contributed by atoms with Gasteiger partial charge in [-0.25, -0.2) is 4.39 Å². The Balaban J connectivity index is 1.48.